The van der Waals surface area contributed by atoms with Crippen molar-refractivity contribution in [3.63, 3.8) is 0 Å². The predicted molar refractivity (Wildman–Crippen MR) is 85.0 cm³/mol. The lowest BCUT2D eigenvalue weighted by atomic mass is 9.75. The standard InChI is InChI=1S/C16H22N2OS/c1-16(2)8-6-11(7-9-16)18-14-5-4-12(19-3)10-13(14)17-15(18)20/h4-5,10-11H,6-9H2,1-3H3,(H,17,20). The van der Waals surface area contributed by atoms with Gasteiger partial charge in [0.05, 0.1) is 18.1 Å². The van der Waals surface area contributed by atoms with E-state index in [9.17, 15) is 0 Å². The zero-order chi connectivity index (χ0) is 14.3. The minimum absolute atomic E-state index is 0.480. The van der Waals surface area contributed by atoms with Gasteiger partial charge in [-0.1, -0.05) is 13.8 Å². The number of hydrogen-bond acceptors (Lipinski definition) is 2. The molecule has 4 heteroatoms. The molecule has 0 atom stereocenters. The largest absolute Gasteiger partial charge is 0.497 e. The van der Waals surface area contributed by atoms with Crippen LogP contribution in [0, 0.1) is 10.2 Å². The quantitative estimate of drug-likeness (QED) is 0.801. The summed E-state index contributed by atoms with van der Waals surface area (Å²) in [6, 6.07) is 6.67. The van der Waals surface area contributed by atoms with Crippen LogP contribution in [0.2, 0.25) is 0 Å². The van der Waals surface area contributed by atoms with Gasteiger partial charge in [0, 0.05) is 12.1 Å². The van der Waals surface area contributed by atoms with Gasteiger partial charge in [0.2, 0.25) is 0 Å². The van der Waals surface area contributed by atoms with Gasteiger partial charge in [-0.3, -0.25) is 0 Å². The number of hydrogen-bond donors (Lipinski definition) is 1. The fourth-order valence-electron chi connectivity index (χ4n) is 3.24. The van der Waals surface area contributed by atoms with E-state index in [1.165, 1.54) is 31.2 Å². The summed E-state index contributed by atoms with van der Waals surface area (Å²) in [5.41, 5.74) is 2.74. The van der Waals surface area contributed by atoms with Crippen LogP contribution < -0.4 is 4.74 Å². The number of fused-ring (bicyclic) bond motifs is 1. The van der Waals surface area contributed by atoms with E-state index in [4.69, 9.17) is 17.0 Å². The minimum Gasteiger partial charge on any atom is -0.497 e. The van der Waals surface area contributed by atoms with Crippen LogP contribution in [0.5, 0.6) is 5.75 Å². The summed E-state index contributed by atoms with van der Waals surface area (Å²) in [4.78, 5) is 3.32. The molecule has 0 radical (unpaired) electrons. The highest BCUT2D eigenvalue weighted by molar-refractivity contribution is 7.71. The summed E-state index contributed by atoms with van der Waals surface area (Å²) in [6.45, 7) is 4.73. The van der Waals surface area contributed by atoms with E-state index in [2.05, 4.69) is 29.5 Å². The number of methoxy groups -OCH3 is 1. The van der Waals surface area contributed by atoms with E-state index < -0.39 is 0 Å². The molecule has 1 aliphatic carbocycles. The highest BCUT2D eigenvalue weighted by Crippen LogP contribution is 2.41. The van der Waals surface area contributed by atoms with Crippen LogP contribution in [0.3, 0.4) is 0 Å². The molecule has 3 nitrogen and oxygen atoms in total. The first-order valence-corrected chi connectivity index (χ1v) is 7.69. The van der Waals surface area contributed by atoms with Crippen LogP contribution in [0.4, 0.5) is 0 Å². The summed E-state index contributed by atoms with van der Waals surface area (Å²) >= 11 is 5.54. The van der Waals surface area contributed by atoms with Crippen molar-refractivity contribution in [1.82, 2.24) is 9.55 Å². The molecule has 1 N–H and O–H groups in total. The Hall–Kier alpha value is -1.29. The maximum Gasteiger partial charge on any atom is 0.178 e. The highest BCUT2D eigenvalue weighted by atomic mass is 32.1. The zero-order valence-electron chi connectivity index (χ0n) is 12.4. The van der Waals surface area contributed by atoms with E-state index >= 15 is 0 Å². The second kappa shape index (κ2) is 4.92. The Bertz CT molecular complexity index is 673. The summed E-state index contributed by atoms with van der Waals surface area (Å²) < 4.78 is 8.42. The number of H-pyrrole nitrogens is 1. The first-order valence-electron chi connectivity index (χ1n) is 7.28. The first kappa shape index (κ1) is 13.7. The number of nitrogens with one attached hydrogen (secondary N) is 1. The number of aromatic amines is 1. The Morgan fingerprint density at radius 3 is 2.65 bits per heavy atom. The molecule has 0 saturated heterocycles. The fourth-order valence-corrected chi connectivity index (χ4v) is 3.60. The number of imidazole rings is 1. The molecule has 0 amide bonds. The molecule has 108 valence electrons. The summed E-state index contributed by atoms with van der Waals surface area (Å²) in [5, 5.41) is 0. The lowest BCUT2D eigenvalue weighted by molar-refractivity contribution is 0.195. The molecular formula is C16H22N2OS. The molecular weight excluding hydrogens is 268 g/mol. The molecule has 0 bridgehead atoms. The third kappa shape index (κ3) is 2.37. The van der Waals surface area contributed by atoms with Crippen LogP contribution in [-0.4, -0.2) is 16.7 Å². The van der Waals surface area contributed by atoms with Gasteiger partial charge in [-0.25, -0.2) is 0 Å². The molecule has 1 aromatic heterocycles. The maximum absolute atomic E-state index is 5.54. The molecule has 0 spiro atoms. The van der Waals surface area contributed by atoms with E-state index in [0.717, 1.165) is 16.0 Å². The number of ether oxygens (including phenoxy) is 1. The SMILES string of the molecule is COc1ccc2c(c1)[nH]c(=S)n2C1CCC(C)(C)CC1. The molecule has 1 aliphatic rings. The monoisotopic (exact) mass is 290 g/mol. The predicted octanol–water partition coefficient (Wildman–Crippen LogP) is 4.85. The zero-order valence-corrected chi connectivity index (χ0v) is 13.2. The molecule has 1 aromatic carbocycles. The third-order valence-electron chi connectivity index (χ3n) is 4.60. The van der Waals surface area contributed by atoms with Crippen molar-refractivity contribution in [2.45, 2.75) is 45.6 Å². The van der Waals surface area contributed by atoms with Crippen molar-refractivity contribution in [1.29, 1.82) is 0 Å². The maximum atomic E-state index is 5.54. The number of benzene rings is 1. The van der Waals surface area contributed by atoms with Crippen LogP contribution in [0.25, 0.3) is 11.0 Å². The molecule has 2 aromatic rings. The van der Waals surface area contributed by atoms with Gasteiger partial charge in [-0.15, -0.1) is 0 Å². The first-order chi connectivity index (χ1) is 9.50. The van der Waals surface area contributed by atoms with Crippen LogP contribution in [0.15, 0.2) is 18.2 Å². The van der Waals surface area contributed by atoms with Gasteiger partial charge in [0.1, 0.15) is 5.75 Å². The van der Waals surface area contributed by atoms with Gasteiger partial charge in [0.25, 0.3) is 0 Å². The Balaban J connectivity index is 2.00. The van der Waals surface area contributed by atoms with Crippen molar-refractivity contribution < 1.29 is 4.74 Å². The van der Waals surface area contributed by atoms with Crippen molar-refractivity contribution in [3.8, 4) is 5.75 Å². The Labute approximate surface area is 125 Å². The van der Waals surface area contributed by atoms with E-state index in [0.29, 0.717) is 11.5 Å². The van der Waals surface area contributed by atoms with Crippen molar-refractivity contribution in [3.05, 3.63) is 23.0 Å². The van der Waals surface area contributed by atoms with Gasteiger partial charge in [0.15, 0.2) is 4.77 Å². The van der Waals surface area contributed by atoms with Gasteiger partial charge in [-0.05, 0) is 55.4 Å². The Kier molecular flexibility index (Phi) is 3.36. The molecule has 0 unspecified atom stereocenters. The molecule has 1 heterocycles. The second-order valence-electron chi connectivity index (χ2n) is 6.58. The van der Waals surface area contributed by atoms with Gasteiger partial charge < -0.3 is 14.3 Å². The molecule has 20 heavy (non-hydrogen) atoms. The molecule has 1 fully saturated rings. The Morgan fingerprint density at radius 2 is 2.00 bits per heavy atom. The van der Waals surface area contributed by atoms with Crippen molar-refractivity contribution >= 4 is 23.3 Å². The third-order valence-corrected chi connectivity index (χ3v) is 4.90. The van der Waals surface area contributed by atoms with E-state index in [1.54, 1.807) is 7.11 Å². The lowest BCUT2D eigenvalue weighted by Gasteiger charge is -2.35. The topological polar surface area (TPSA) is 29.9 Å². The Morgan fingerprint density at radius 1 is 1.30 bits per heavy atom. The van der Waals surface area contributed by atoms with Crippen LogP contribution >= 0.6 is 12.2 Å². The van der Waals surface area contributed by atoms with Crippen molar-refractivity contribution in [2.75, 3.05) is 7.11 Å². The highest BCUT2D eigenvalue weighted by Gasteiger charge is 2.28. The fraction of sp³-hybridized carbons (Fsp3) is 0.562. The molecule has 1 saturated carbocycles. The van der Waals surface area contributed by atoms with Gasteiger partial charge in [-0.2, -0.15) is 0 Å². The summed E-state index contributed by atoms with van der Waals surface area (Å²) in [7, 11) is 1.69. The van der Waals surface area contributed by atoms with E-state index in [-0.39, 0.29) is 0 Å². The number of rotatable bonds is 2. The smallest absolute Gasteiger partial charge is 0.178 e. The second-order valence-corrected chi connectivity index (χ2v) is 6.97. The lowest BCUT2D eigenvalue weighted by Crippen LogP contribution is -2.23. The number of nitrogens with zero attached hydrogens (tertiary/aromatic N) is 1. The van der Waals surface area contributed by atoms with E-state index in [1.807, 2.05) is 12.1 Å². The van der Waals surface area contributed by atoms with Crippen LogP contribution in [0.1, 0.15) is 45.6 Å². The normalized spacial score (nSPS) is 19.4. The number of aromatic nitrogens is 2. The molecule has 0 aliphatic heterocycles. The summed E-state index contributed by atoms with van der Waals surface area (Å²) in [5.74, 6) is 0.866. The molecule has 3 rings (SSSR count). The van der Waals surface area contributed by atoms with Crippen LogP contribution in [-0.2, 0) is 0 Å². The minimum atomic E-state index is 0.480. The summed E-state index contributed by atoms with van der Waals surface area (Å²) in [6.07, 6.45) is 4.95. The van der Waals surface area contributed by atoms with Gasteiger partial charge >= 0.3 is 0 Å². The average Bonchev–Trinajstić information content (AvgIpc) is 2.74. The van der Waals surface area contributed by atoms with Crippen molar-refractivity contribution in [2.24, 2.45) is 5.41 Å². The average molecular weight is 290 g/mol.